The van der Waals surface area contributed by atoms with Crippen LogP contribution in [0.15, 0.2) is 18.3 Å². The van der Waals surface area contributed by atoms with E-state index < -0.39 is 0 Å². The molecule has 0 saturated carbocycles. The monoisotopic (exact) mass is 266 g/mol. The van der Waals surface area contributed by atoms with Crippen molar-refractivity contribution in [2.45, 2.75) is 39.7 Å². The van der Waals surface area contributed by atoms with Gasteiger partial charge in [0, 0.05) is 24.9 Å². The van der Waals surface area contributed by atoms with E-state index in [-0.39, 0.29) is 0 Å². The van der Waals surface area contributed by atoms with E-state index in [1.54, 1.807) is 0 Å². The summed E-state index contributed by atoms with van der Waals surface area (Å²) in [6.07, 6.45) is 4.04. The van der Waals surface area contributed by atoms with Gasteiger partial charge in [0.15, 0.2) is 0 Å². The van der Waals surface area contributed by atoms with Gasteiger partial charge >= 0.3 is 0 Å². The molecule has 108 valence electrons. The van der Waals surface area contributed by atoms with E-state index in [0.29, 0.717) is 25.1 Å². The molecule has 4 heteroatoms. The van der Waals surface area contributed by atoms with Crippen molar-refractivity contribution in [1.29, 1.82) is 0 Å². The van der Waals surface area contributed by atoms with Crippen molar-refractivity contribution in [1.82, 2.24) is 10.3 Å². The summed E-state index contributed by atoms with van der Waals surface area (Å²) in [5.41, 5.74) is 1.18. The minimum Gasteiger partial charge on any atom is -0.475 e. The lowest BCUT2D eigenvalue weighted by molar-refractivity contribution is 0.0990. The predicted molar refractivity (Wildman–Crippen MR) is 77.6 cm³/mol. The second kappa shape index (κ2) is 9.75. The van der Waals surface area contributed by atoms with Crippen LogP contribution in [0.25, 0.3) is 0 Å². The van der Waals surface area contributed by atoms with E-state index in [2.05, 4.69) is 37.1 Å². The summed E-state index contributed by atoms with van der Waals surface area (Å²) < 4.78 is 10.9. The summed E-state index contributed by atoms with van der Waals surface area (Å²) >= 11 is 0. The van der Waals surface area contributed by atoms with E-state index in [1.807, 2.05) is 12.3 Å². The Bertz CT molecular complexity index is 327. The Kier molecular flexibility index (Phi) is 8.18. The minimum atomic E-state index is 0.328. The molecule has 0 aliphatic heterocycles. The van der Waals surface area contributed by atoms with Gasteiger partial charge in [0.25, 0.3) is 0 Å². The lowest BCUT2D eigenvalue weighted by Crippen LogP contribution is -2.19. The van der Waals surface area contributed by atoms with E-state index in [1.165, 1.54) is 5.56 Å². The summed E-state index contributed by atoms with van der Waals surface area (Å²) in [5, 5.41) is 3.43. The molecule has 0 spiro atoms. The number of pyridine rings is 1. The smallest absolute Gasteiger partial charge is 0.213 e. The predicted octanol–water partition coefficient (Wildman–Crippen LogP) is 2.95. The molecule has 1 N–H and O–H groups in total. The third-order valence-electron chi connectivity index (χ3n) is 2.79. The first kappa shape index (κ1) is 15.9. The Morgan fingerprint density at radius 2 is 2.00 bits per heavy atom. The van der Waals surface area contributed by atoms with Crippen LogP contribution in [0, 0.1) is 0 Å². The van der Waals surface area contributed by atoms with Crippen LogP contribution in [0.4, 0.5) is 0 Å². The molecule has 4 nitrogen and oxygen atoms in total. The third-order valence-corrected chi connectivity index (χ3v) is 2.79. The first-order valence-corrected chi connectivity index (χ1v) is 7.17. The molecule has 0 aliphatic carbocycles. The molecule has 1 atom stereocenters. The Morgan fingerprint density at radius 1 is 1.16 bits per heavy atom. The molecule has 1 rings (SSSR count). The highest BCUT2D eigenvalue weighted by molar-refractivity contribution is 5.20. The van der Waals surface area contributed by atoms with Crippen LogP contribution in [0.5, 0.6) is 5.88 Å². The highest BCUT2D eigenvalue weighted by Crippen LogP contribution is 2.14. The Balaban J connectivity index is 2.30. The molecular weight excluding hydrogens is 240 g/mol. The third kappa shape index (κ3) is 6.55. The molecule has 19 heavy (non-hydrogen) atoms. The van der Waals surface area contributed by atoms with E-state index in [9.17, 15) is 0 Å². The summed E-state index contributed by atoms with van der Waals surface area (Å²) in [6, 6.07) is 4.30. The highest BCUT2D eigenvalue weighted by Gasteiger charge is 2.04. The fraction of sp³-hybridized carbons (Fsp3) is 0.667. The van der Waals surface area contributed by atoms with Crippen molar-refractivity contribution >= 4 is 0 Å². The van der Waals surface area contributed by atoms with Gasteiger partial charge in [0.05, 0.1) is 6.61 Å². The Labute approximate surface area is 116 Å². The first-order chi connectivity index (χ1) is 9.27. The average molecular weight is 266 g/mol. The topological polar surface area (TPSA) is 43.4 Å². The van der Waals surface area contributed by atoms with Gasteiger partial charge in [-0.3, -0.25) is 0 Å². The second-order valence-electron chi connectivity index (χ2n) is 4.57. The van der Waals surface area contributed by atoms with Crippen molar-refractivity contribution in [2.75, 3.05) is 26.4 Å². The molecule has 0 bridgehead atoms. The molecule has 0 fully saturated rings. The van der Waals surface area contributed by atoms with Crippen LogP contribution in [0.3, 0.4) is 0 Å². The van der Waals surface area contributed by atoms with Crippen LogP contribution in [0.2, 0.25) is 0 Å². The van der Waals surface area contributed by atoms with Crippen LogP contribution in [-0.4, -0.2) is 31.3 Å². The molecule has 1 unspecified atom stereocenters. The lowest BCUT2D eigenvalue weighted by Gasteiger charge is -2.13. The first-order valence-electron chi connectivity index (χ1n) is 7.17. The maximum absolute atomic E-state index is 5.51. The van der Waals surface area contributed by atoms with Gasteiger partial charge in [-0.05, 0) is 31.9 Å². The zero-order chi connectivity index (χ0) is 13.9. The fourth-order valence-electron chi connectivity index (χ4n) is 1.66. The van der Waals surface area contributed by atoms with Crippen molar-refractivity contribution in [3.63, 3.8) is 0 Å². The number of rotatable bonds is 10. The number of aromatic nitrogens is 1. The van der Waals surface area contributed by atoms with Crippen molar-refractivity contribution in [3.05, 3.63) is 23.9 Å². The molecule has 1 aromatic rings. The number of nitrogens with one attached hydrogen (secondary N) is 1. The second-order valence-corrected chi connectivity index (χ2v) is 4.57. The number of ether oxygens (including phenoxy) is 2. The number of nitrogens with zero attached hydrogens (tertiary/aromatic N) is 1. The molecular formula is C15H26N2O2. The zero-order valence-electron chi connectivity index (χ0n) is 12.3. The number of hydrogen-bond donors (Lipinski definition) is 1. The summed E-state index contributed by atoms with van der Waals surface area (Å²) in [5.74, 6) is 0.659. The molecule has 0 amide bonds. The largest absolute Gasteiger partial charge is 0.475 e. The SMILES string of the molecule is CCCNC(C)c1ccc(OCCOCCC)nc1. The van der Waals surface area contributed by atoms with E-state index >= 15 is 0 Å². The minimum absolute atomic E-state index is 0.328. The summed E-state index contributed by atoms with van der Waals surface area (Å²) in [4.78, 5) is 4.31. The molecule has 1 heterocycles. The van der Waals surface area contributed by atoms with Gasteiger partial charge < -0.3 is 14.8 Å². The normalized spacial score (nSPS) is 12.4. The molecule has 1 aromatic heterocycles. The van der Waals surface area contributed by atoms with Gasteiger partial charge in [-0.25, -0.2) is 4.98 Å². The maximum atomic E-state index is 5.51. The quantitative estimate of drug-likeness (QED) is 0.661. The van der Waals surface area contributed by atoms with Crippen molar-refractivity contribution in [2.24, 2.45) is 0 Å². The van der Waals surface area contributed by atoms with Crippen molar-refractivity contribution in [3.8, 4) is 5.88 Å². The van der Waals surface area contributed by atoms with Crippen LogP contribution in [-0.2, 0) is 4.74 Å². The molecule has 0 saturated heterocycles. The van der Waals surface area contributed by atoms with Crippen LogP contribution < -0.4 is 10.1 Å². The lowest BCUT2D eigenvalue weighted by atomic mass is 10.1. The number of hydrogen-bond acceptors (Lipinski definition) is 4. The zero-order valence-corrected chi connectivity index (χ0v) is 12.3. The van der Waals surface area contributed by atoms with E-state index in [4.69, 9.17) is 9.47 Å². The molecule has 0 radical (unpaired) electrons. The van der Waals surface area contributed by atoms with Crippen molar-refractivity contribution < 1.29 is 9.47 Å². The van der Waals surface area contributed by atoms with Gasteiger partial charge in [-0.15, -0.1) is 0 Å². The standard InChI is InChI=1S/C15H26N2O2/c1-4-8-16-13(3)14-6-7-15(17-12-14)19-11-10-18-9-5-2/h6-7,12-13,16H,4-5,8-11H2,1-3H3. The Morgan fingerprint density at radius 3 is 2.63 bits per heavy atom. The summed E-state index contributed by atoms with van der Waals surface area (Å²) in [7, 11) is 0. The van der Waals surface area contributed by atoms with Gasteiger partial charge in [0.2, 0.25) is 5.88 Å². The molecule has 0 aliphatic rings. The van der Waals surface area contributed by atoms with Gasteiger partial charge in [-0.1, -0.05) is 19.9 Å². The van der Waals surface area contributed by atoms with Crippen LogP contribution in [0.1, 0.15) is 45.2 Å². The van der Waals surface area contributed by atoms with Gasteiger partial charge in [-0.2, -0.15) is 0 Å². The molecule has 0 aromatic carbocycles. The fourth-order valence-corrected chi connectivity index (χ4v) is 1.66. The van der Waals surface area contributed by atoms with Gasteiger partial charge in [0.1, 0.15) is 6.61 Å². The van der Waals surface area contributed by atoms with Crippen LogP contribution >= 0.6 is 0 Å². The summed E-state index contributed by atoms with van der Waals surface area (Å²) in [6.45, 7) is 9.38. The Hall–Kier alpha value is -1.13. The average Bonchev–Trinajstić information content (AvgIpc) is 2.45. The van der Waals surface area contributed by atoms with E-state index in [0.717, 1.165) is 26.0 Å². The highest BCUT2D eigenvalue weighted by atomic mass is 16.5. The maximum Gasteiger partial charge on any atom is 0.213 e.